The maximum atomic E-state index is 11.7. The van der Waals surface area contributed by atoms with Crippen LogP contribution in [0.15, 0.2) is 0 Å². The van der Waals surface area contributed by atoms with Crippen molar-refractivity contribution in [3.05, 3.63) is 0 Å². The second-order valence-corrected chi connectivity index (χ2v) is 5.09. The van der Waals surface area contributed by atoms with E-state index in [4.69, 9.17) is 20.0 Å². The summed E-state index contributed by atoms with van der Waals surface area (Å²) in [5, 5.41) is 0. The molecule has 2 aliphatic rings. The number of carbonyl (C=O) groups excluding carboxylic acids is 1. The number of nitrogens with two attached hydrogens (primary N) is 1. The zero-order chi connectivity index (χ0) is 12.8. The van der Waals surface area contributed by atoms with Gasteiger partial charge in [-0.3, -0.25) is 4.79 Å². The van der Waals surface area contributed by atoms with Crippen molar-refractivity contribution in [1.29, 1.82) is 0 Å². The first kappa shape index (κ1) is 13.7. The van der Waals surface area contributed by atoms with E-state index < -0.39 is 5.54 Å². The summed E-state index contributed by atoms with van der Waals surface area (Å²) in [5.74, 6) is -0.187. The number of rotatable bonds is 4. The van der Waals surface area contributed by atoms with E-state index in [0.29, 0.717) is 32.7 Å². The van der Waals surface area contributed by atoms with Crippen molar-refractivity contribution in [2.24, 2.45) is 5.73 Å². The van der Waals surface area contributed by atoms with E-state index >= 15 is 0 Å². The molecule has 0 aliphatic carbocycles. The number of amides is 1. The molecule has 0 bridgehead atoms. The van der Waals surface area contributed by atoms with Gasteiger partial charge in [-0.05, 0) is 25.7 Å². The summed E-state index contributed by atoms with van der Waals surface area (Å²) in [6.07, 6.45) is 4.32. The van der Waals surface area contributed by atoms with Crippen LogP contribution in [0.1, 0.15) is 38.5 Å². The lowest BCUT2D eigenvalue weighted by molar-refractivity contribution is -0.201. The highest BCUT2D eigenvalue weighted by atomic mass is 16.8. The molecule has 0 saturated carbocycles. The molecular weight excluding hydrogens is 236 g/mol. The maximum absolute atomic E-state index is 11.7. The average molecular weight is 258 g/mol. The van der Waals surface area contributed by atoms with Crippen LogP contribution in [0, 0.1) is 0 Å². The molecule has 1 atom stereocenters. The van der Waals surface area contributed by atoms with Crippen LogP contribution < -0.4 is 11.2 Å². The standard InChI is InChI=1S/C12H22N2O4/c13-12(4-7-16-8-5-12)9-10(15)14-18-11-3-1-2-6-17-11/h11H,1-9,13H2,(H,14,15). The monoisotopic (exact) mass is 258 g/mol. The van der Waals surface area contributed by atoms with Gasteiger partial charge in [-0.2, -0.15) is 0 Å². The number of hydroxylamine groups is 1. The highest BCUT2D eigenvalue weighted by Gasteiger charge is 2.31. The van der Waals surface area contributed by atoms with Gasteiger partial charge in [0.15, 0.2) is 6.29 Å². The topological polar surface area (TPSA) is 82.8 Å². The molecule has 0 aromatic carbocycles. The Labute approximate surface area is 107 Å². The number of hydrogen-bond acceptors (Lipinski definition) is 5. The minimum atomic E-state index is -0.459. The highest BCUT2D eigenvalue weighted by molar-refractivity contribution is 5.76. The largest absolute Gasteiger partial charge is 0.381 e. The quantitative estimate of drug-likeness (QED) is 0.716. The van der Waals surface area contributed by atoms with E-state index in [1.54, 1.807) is 0 Å². The molecule has 0 spiro atoms. The van der Waals surface area contributed by atoms with Crippen molar-refractivity contribution in [2.45, 2.75) is 50.4 Å². The fourth-order valence-electron chi connectivity index (χ4n) is 2.25. The van der Waals surface area contributed by atoms with Gasteiger partial charge in [0.1, 0.15) is 0 Å². The van der Waals surface area contributed by atoms with Gasteiger partial charge in [0.25, 0.3) is 0 Å². The van der Waals surface area contributed by atoms with Crippen LogP contribution >= 0.6 is 0 Å². The molecule has 1 unspecified atom stereocenters. The van der Waals surface area contributed by atoms with E-state index in [2.05, 4.69) is 5.48 Å². The van der Waals surface area contributed by atoms with Gasteiger partial charge >= 0.3 is 0 Å². The second kappa shape index (κ2) is 6.47. The minimum Gasteiger partial charge on any atom is -0.381 e. The summed E-state index contributed by atoms with van der Waals surface area (Å²) in [4.78, 5) is 17.0. The predicted octanol–water partition coefficient (Wildman–Crippen LogP) is 0.459. The minimum absolute atomic E-state index is 0.187. The molecule has 2 saturated heterocycles. The normalized spacial score (nSPS) is 27.7. The van der Waals surface area contributed by atoms with Crippen molar-refractivity contribution in [1.82, 2.24) is 5.48 Å². The molecule has 18 heavy (non-hydrogen) atoms. The van der Waals surface area contributed by atoms with Crippen LogP contribution in [0.5, 0.6) is 0 Å². The number of ether oxygens (including phenoxy) is 2. The molecule has 0 aromatic heterocycles. The Kier molecular flexibility index (Phi) is 4.94. The van der Waals surface area contributed by atoms with Crippen LogP contribution in [-0.2, 0) is 19.1 Å². The summed E-state index contributed by atoms with van der Waals surface area (Å²) < 4.78 is 10.6. The third-order valence-corrected chi connectivity index (χ3v) is 3.44. The first-order valence-corrected chi connectivity index (χ1v) is 6.61. The van der Waals surface area contributed by atoms with E-state index in [9.17, 15) is 4.79 Å². The van der Waals surface area contributed by atoms with Crippen LogP contribution in [0.3, 0.4) is 0 Å². The fourth-order valence-corrected chi connectivity index (χ4v) is 2.25. The molecule has 2 aliphatic heterocycles. The van der Waals surface area contributed by atoms with Crippen molar-refractivity contribution < 1.29 is 19.1 Å². The molecule has 3 N–H and O–H groups in total. The van der Waals surface area contributed by atoms with Gasteiger partial charge in [0, 0.05) is 38.2 Å². The molecule has 104 valence electrons. The number of carbonyl (C=O) groups is 1. The van der Waals surface area contributed by atoms with Crippen molar-refractivity contribution in [3.8, 4) is 0 Å². The Morgan fingerprint density at radius 1 is 1.33 bits per heavy atom. The van der Waals surface area contributed by atoms with E-state index in [-0.39, 0.29) is 18.6 Å². The Morgan fingerprint density at radius 2 is 2.11 bits per heavy atom. The molecule has 1 amide bonds. The van der Waals surface area contributed by atoms with Crippen LogP contribution in [0.25, 0.3) is 0 Å². The number of hydrogen-bond donors (Lipinski definition) is 2. The Bertz CT molecular complexity index is 273. The molecule has 6 heteroatoms. The number of nitrogens with one attached hydrogen (secondary N) is 1. The van der Waals surface area contributed by atoms with Gasteiger partial charge < -0.3 is 15.2 Å². The van der Waals surface area contributed by atoms with E-state index in [0.717, 1.165) is 19.3 Å². The third kappa shape index (κ3) is 4.20. The van der Waals surface area contributed by atoms with Gasteiger partial charge in [0.05, 0.1) is 0 Å². The maximum Gasteiger partial charge on any atom is 0.245 e. The van der Waals surface area contributed by atoms with Crippen molar-refractivity contribution in [3.63, 3.8) is 0 Å². The zero-order valence-electron chi connectivity index (χ0n) is 10.7. The molecule has 2 fully saturated rings. The SMILES string of the molecule is NC1(CC(=O)NOC2CCCCO2)CCOCC1. The summed E-state index contributed by atoms with van der Waals surface area (Å²) in [6.45, 7) is 1.94. The van der Waals surface area contributed by atoms with Crippen LogP contribution in [0.4, 0.5) is 0 Å². The van der Waals surface area contributed by atoms with Crippen molar-refractivity contribution in [2.75, 3.05) is 19.8 Å². The van der Waals surface area contributed by atoms with Gasteiger partial charge in [-0.1, -0.05) is 0 Å². The smallest absolute Gasteiger partial charge is 0.245 e. The Hall–Kier alpha value is -0.690. The molecule has 0 radical (unpaired) electrons. The zero-order valence-corrected chi connectivity index (χ0v) is 10.7. The first-order valence-electron chi connectivity index (χ1n) is 6.61. The van der Waals surface area contributed by atoms with Crippen LogP contribution in [0.2, 0.25) is 0 Å². The lowest BCUT2D eigenvalue weighted by atomic mass is 9.88. The summed E-state index contributed by atoms with van der Waals surface area (Å²) in [6, 6.07) is 0. The Balaban J connectivity index is 1.67. The summed E-state index contributed by atoms with van der Waals surface area (Å²) in [7, 11) is 0. The molecule has 6 nitrogen and oxygen atoms in total. The lowest BCUT2D eigenvalue weighted by Crippen LogP contribution is -2.49. The third-order valence-electron chi connectivity index (χ3n) is 3.44. The van der Waals surface area contributed by atoms with E-state index in [1.165, 1.54) is 0 Å². The Morgan fingerprint density at radius 3 is 2.78 bits per heavy atom. The predicted molar refractivity (Wildman–Crippen MR) is 64.4 cm³/mol. The second-order valence-electron chi connectivity index (χ2n) is 5.09. The first-order chi connectivity index (χ1) is 8.68. The fraction of sp³-hybridized carbons (Fsp3) is 0.917. The highest BCUT2D eigenvalue weighted by Crippen LogP contribution is 2.21. The lowest BCUT2D eigenvalue weighted by Gasteiger charge is -2.32. The molecule has 2 rings (SSSR count). The van der Waals surface area contributed by atoms with Gasteiger partial charge in [0.2, 0.25) is 5.91 Å². The molecular formula is C12H22N2O4. The summed E-state index contributed by atoms with van der Waals surface area (Å²) in [5.41, 5.74) is 8.12. The van der Waals surface area contributed by atoms with E-state index in [1.807, 2.05) is 0 Å². The van der Waals surface area contributed by atoms with Crippen molar-refractivity contribution >= 4 is 5.91 Å². The molecule has 2 heterocycles. The van der Waals surface area contributed by atoms with Gasteiger partial charge in [-0.25, -0.2) is 10.3 Å². The summed E-state index contributed by atoms with van der Waals surface area (Å²) >= 11 is 0. The van der Waals surface area contributed by atoms with Gasteiger partial charge in [-0.15, -0.1) is 0 Å². The molecule has 0 aromatic rings. The van der Waals surface area contributed by atoms with Crippen LogP contribution in [-0.4, -0.2) is 37.6 Å². The average Bonchev–Trinajstić information content (AvgIpc) is 2.38.